The normalized spacial score (nSPS) is 14.5. The van der Waals surface area contributed by atoms with Gasteiger partial charge in [0, 0.05) is 44.0 Å². The number of hydrogen-bond acceptors (Lipinski definition) is 4. The molecule has 1 saturated heterocycles. The third-order valence-corrected chi connectivity index (χ3v) is 5.24. The second kappa shape index (κ2) is 8.86. The van der Waals surface area contributed by atoms with Gasteiger partial charge in [-0.15, -0.1) is 0 Å². The van der Waals surface area contributed by atoms with Gasteiger partial charge < -0.3 is 14.5 Å². The number of carbonyl (C=O) groups is 2. The number of alkyl halides is 3. The molecule has 4 rings (SSSR count). The lowest BCUT2D eigenvalue weighted by atomic mass is 10.0. The molecule has 3 aromatic rings. The second-order valence-electron chi connectivity index (χ2n) is 7.40. The molecule has 0 N–H and O–H groups in total. The predicted octanol–water partition coefficient (Wildman–Crippen LogP) is 3.77. The van der Waals surface area contributed by atoms with Gasteiger partial charge in [-0.1, -0.05) is 36.4 Å². The highest BCUT2D eigenvalue weighted by Crippen LogP contribution is 2.21. The number of amides is 2. The maximum Gasteiger partial charge on any atom is 0.422 e. The molecule has 0 aliphatic carbocycles. The molecule has 0 bridgehead atoms. The van der Waals surface area contributed by atoms with Gasteiger partial charge in [0.25, 0.3) is 11.8 Å². The summed E-state index contributed by atoms with van der Waals surface area (Å²) in [5, 5.41) is 1.87. The lowest BCUT2D eigenvalue weighted by Crippen LogP contribution is -2.50. The van der Waals surface area contributed by atoms with Gasteiger partial charge in [-0.3, -0.25) is 9.59 Å². The van der Waals surface area contributed by atoms with E-state index in [4.69, 9.17) is 0 Å². The molecule has 1 aliphatic rings. The van der Waals surface area contributed by atoms with Crippen LogP contribution >= 0.6 is 0 Å². The molecule has 32 heavy (non-hydrogen) atoms. The molecular formula is C23H20F3N3O3. The van der Waals surface area contributed by atoms with Crippen molar-refractivity contribution in [3.8, 4) is 5.88 Å². The molecule has 2 aromatic carbocycles. The smallest absolute Gasteiger partial charge is 0.422 e. The van der Waals surface area contributed by atoms with Crippen molar-refractivity contribution in [3.05, 3.63) is 71.9 Å². The van der Waals surface area contributed by atoms with Crippen molar-refractivity contribution in [1.82, 2.24) is 14.8 Å². The predicted molar refractivity (Wildman–Crippen MR) is 112 cm³/mol. The summed E-state index contributed by atoms with van der Waals surface area (Å²) < 4.78 is 41.2. The standard InChI is InChI=1S/C23H20F3N3O3/c24-23(25,26)15-32-20-9-8-17(14-27-20)21(30)28-10-12-29(13-11-28)22(31)19-7-3-5-16-4-1-2-6-18(16)19/h1-9,14H,10-13,15H2. The van der Waals surface area contributed by atoms with Crippen molar-refractivity contribution in [1.29, 1.82) is 0 Å². The Kier molecular flexibility index (Phi) is 5.98. The highest BCUT2D eigenvalue weighted by molar-refractivity contribution is 6.07. The van der Waals surface area contributed by atoms with Crippen molar-refractivity contribution in [2.24, 2.45) is 0 Å². The van der Waals surface area contributed by atoms with Crippen LogP contribution < -0.4 is 4.74 Å². The number of benzene rings is 2. The van der Waals surface area contributed by atoms with Crippen molar-refractivity contribution in [3.63, 3.8) is 0 Å². The first-order valence-corrected chi connectivity index (χ1v) is 10.0. The Balaban J connectivity index is 1.37. The van der Waals surface area contributed by atoms with E-state index in [1.165, 1.54) is 18.3 Å². The van der Waals surface area contributed by atoms with Crippen molar-refractivity contribution >= 4 is 22.6 Å². The lowest BCUT2D eigenvalue weighted by molar-refractivity contribution is -0.154. The Morgan fingerprint density at radius 3 is 2.19 bits per heavy atom. The van der Waals surface area contributed by atoms with E-state index in [1.54, 1.807) is 15.9 Å². The summed E-state index contributed by atoms with van der Waals surface area (Å²) in [6.45, 7) is 0.0192. The van der Waals surface area contributed by atoms with Crippen LogP contribution in [0.4, 0.5) is 13.2 Å². The number of nitrogens with zero attached hydrogens (tertiary/aromatic N) is 3. The summed E-state index contributed by atoms with van der Waals surface area (Å²) in [7, 11) is 0. The fourth-order valence-corrected chi connectivity index (χ4v) is 3.63. The molecule has 0 radical (unpaired) electrons. The first-order chi connectivity index (χ1) is 15.3. The SMILES string of the molecule is O=C(c1ccc(OCC(F)(F)F)nc1)N1CCN(C(=O)c2cccc3ccccc23)CC1. The second-order valence-corrected chi connectivity index (χ2v) is 7.40. The van der Waals surface area contributed by atoms with Gasteiger partial charge in [0.05, 0.1) is 5.56 Å². The van der Waals surface area contributed by atoms with Crippen LogP contribution in [0.15, 0.2) is 60.8 Å². The topological polar surface area (TPSA) is 62.7 Å². The first kappa shape index (κ1) is 21.6. The minimum absolute atomic E-state index is 0.0817. The van der Waals surface area contributed by atoms with E-state index < -0.39 is 12.8 Å². The number of pyridine rings is 1. The van der Waals surface area contributed by atoms with E-state index >= 15 is 0 Å². The quantitative estimate of drug-likeness (QED) is 0.616. The minimum Gasteiger partial charge on any atom is -0.468 e. The number of ether oxygens (including phenoxy) is 1. The number of carbonyl (C=O) groups excluding carboxylic acids is 2. The van der Waals surface area contributed by atoms with E-state index in [2.05, 4.69) is 9.72 Å². The van der Waals surface area contributed by atoms with E-state index in [0.717, 1.165) is 10.8 Å². The van der Waals surface area contributed by atoms with Crippen LogP contribution in [-0.2, 0) is 0 Å². The Labute approximate surface area is 182 Å². The zero-order valence-corrected chi connectivity index (χ0v) is 17.0. The Morgan fingerprint density at radius 2 is 1.53 bits per heavy atom. The molecule has 2 amide bonds. The van der Waals surface area contributed by atoms with Crippen molar-refractivity contribution in [2.75, 3.05) is 32.8 Å². The summed E-state index contributed by atoms with van der Waals surface area (Å²) in [6.07, 6.45) is -3.26. The van der Waals surface area contributed by atoms with Crippen LogP contribution in [-0.4, -0.2) is 65.6 Å². The molecule has 0 atom stereocenters. The molecule has 0 saturated carbocycles. The van der Waals surface area contributed by atoms with Gasteiger partial charge in [-0.25, -0.2) is 4.98 Å². The molecule has 1 aromatic heterocycles. The summed E-state index contributed by atoms with van der Waals surface area (Å²) in [5.74, 6) is -0.580. The fraction of sp³-hybridized carbons (Fsp3) is 0.261. The van der Waals surface area contributed by atoms with Gasteiger partial charge in [-0.2, -0.15) is 13.2 Å². The van der Waals surface area contributed by atoms with Gasteiger partial charge in [0.15, 0.2) is 6.61 Å². The van der Waals surface area contributed by atoms with Crippen LogP contribution in [0.2, 0.25) is 0 Å². The maximum atomic E-state index is 13.0. The largest absolute Gasteiger partial charge is 0.468 e. The Hall–Kier alpha value is -3.62. The highest BCUT2D eigenvalue weighted by atomic mass is 19.4. The number of halogens is 3. The zero-order chi connectivity index (χ0) is 22.7. The molecule has 0 spiro atoms. The summed E-state index contributed by atoms with van der Waals surface area (Å²) in [6, 6.07) is 15.9. The third kappa shape index (κ3) is 4.82. The van der Waals surface area contributed by atoms with Crippen molar-refractivity contribution < 1.29 is 27.5 Å². The fourth-order valence-electron chi connectivity index (χ4n) is 3.63. The monoisotopic (exact) mass is 443 g/mol. The van der Waals surface area contributed by atoms with Crippen molar-refractivity contribution in [2.45, 2.75) is 6.18 Å². The van der Waals surface area contributed by atoms with Gasteiger partial charge in [-0.05, 0) is 22.9 Å². The molecule has 1 aliphatic heterocycles. The Bertz CT molecular complexity index is 1120. The molecule has 166 valence electrons. The molecule has 0 unspecified atom stereocenters. The van der Waals surface area contributed by atoms with Gasteiger partial charge in [0.2, 0.25) is 5.88 Å². The van der Waals surface area contributed by atoms with Crippen LogP contribution in [0.5, 0.6) is 5.88 Å². The average Bonchev–Trinajstić information content (AvgIpc) is 2.81. The van der Waals surface area contributed by atoms with E-state index in [9.17, 15) is 22.8 Å². The summed E-state index contributed by atoms with van der Waals surface area (Å²) >= 11 is 0. The van der Waals surface area contributed by atoms with Crippen LogP contribution in [0.3, 0.4) is 0 Å². The molecular weight excluding hydrogens is 423 g/mol. The van der Waals surface area contributed by atoms with E-state index in [1.807, 2.05) is 36.4 Å². The van der Waals surface area contributed by atoms with Gasteiger partial charge in [0.1, 0.15) is 0 Å². The number of hydrogen-bond donors (Lipinski definition) is 0. The highest BCUT2D eigenvalue weighted by Gasteiger charge is 2.29. The lowest BCUT2D eigenvalue weighted by Gasteiger charge is -2.35. The molecule has 1 fully saturated rings. The van der Waals surface area contributed by atoms with Crippen LogP contribution in [0.25, 0.3) is 10.8 Å². The maximum absolute atomic E-state index is 13.0. The van der Waals surface area contributed by atoms with Crippen LogP contribution in [0.1, 0.15) is 20.7 Å². The number of rotatable bonds is 4. The number of aromatic nitrogens is 1. The van der Waals surface area contributed by atoms with E-state index in [0.29, 0.717) is 31.7 Å². The molecule has 9 heteroatoms. The van der Waals surface area contributed by atoms with E-state index in [-0.39, 0.29) is 23.3 Å². The number of fused-ring (bicyclic) bond motifs is 1. The van der Waals surface area contributed by atoms with Gasteiger partial charge >= 0.3 is 6.18 Å². The summed E-state index contributed by atoms with van der Waals surface area (Å²) in [5.41, 5.74) is 0.875. The summed E-state index contributed by atoms with van der Waals surface area (Å²) in [4.78, 5) is 32.9. The minimum atomic E-state index is -4.46. The first-order valence-electron chi connectivity index (χ1n) is 10.0. The molecule has 6 nitrogen and oxygen atoms in total. The van der Waals surface area contributed by atoms with Crippen LogP contribution in [0, 0.1) is 0 Å². The number of piperazine rings is 1. The third-order valence-electron chi connectivity index (χ3n) is 5.24. The average molecular weight is 443 g/mol. The zero-order valence-electron chi connectivity index (χ0n) is 17.0. The molecule has 2 heterocycles. The Morgan fingerprint density at radius 1 is 0.875 bits per heavy atom.